The zero-order valence-electron chi connectivity index (χ0n) is 14.1. The molecular weight excluding hydrogens is 286 g/mol. The maximum Gasteiger partial charge on any atom is 0.338 e. The maximum atomic E-state index is 12.5. The molecular formula is C20H25NO2. The van der Waals surface area contributed by atoms with Crippen molar-refractivity contribution in [2.75, 3.05) is 13.1 Å². The van der Waals surface area contributed by atoms with Crippen LogP contribution in [0.4, 0.5) is 0 Å². The third kappa shape index (κ3) is 4.42. The molecule has 0 heterocycles. The predicted octanol–water partition coefficient (Wildman–Crippen LogP) is 4.32. The maximum absolute atomic E-state index is 12.5. The number of hydrogen-bond donors (Lipinski definition) is 0. The van der Waals surface area contributed by atoms with Crippen LogP contribution in [0.25, 0.3) is 0 Å². The van der Waals surface area contributed by atoms with Crippen LogP contribution in [0.2, 0.25) is 0 Å². The highest BCUT2D eigenvalue weighted by atomic mass is 16.5. The van der Waals surface area contributed by atoms with Crippen molar-refractivity contribution in [3.8, 4) is 0 Å². The summed E-state index contributed by atoms with van der Waals surface area (Å²) in [7, 11) is 0. The van der Waals surface area contributed by atoms with Crippen LogP contribution in [0, 0.1) is 0 Å². The Morgan fingerprint density at radius 2 is 1.48 bits per heavy atom. The van der Waals surface area contributed by atoms with E-state index in [-0.39, 0.29) is 18.1 Å². The Bertz CT molecular complexity index is 594. The molecule has 0 saturated heterocycles. The Morgan fingerprint density at radius 1 is 0.957 bits per heavy atom. The molecule has 0 fully saturated rings. The monoisotopic (exact) mass is 311 g/mol. The number of hydrogen-bond acceptors (Lipinski definition) is 3. The number of nitrogens with zero attached hydrogens (tertiary/aromatic N) is 1. The second-order valence-electron chi connectivity index (χ2n) is 5.56. The molecule has 0 aliphatic carbocycles. The van der Waals surface area contributed by atoms with Crippen molar-refractivity contribution in [1.29, 1.82) is 0 Å². The molecule has 0 aromatic heterocycles. The van der Waals surface area contributed by atoms with Crippen molar-refractivity contribution in [3.05, 3.63) is 71.8 Å². The van der Waals surface area contributed by atoms with Crippen LogP contribution in [-0.2, 0) is 4.74 Å². The summed E-state index contributed by atoms with van der Waals surface area (Å²) in [5.74, 6) is -0.279. The number of rotatable bonds is 7. The standard InChI is InChI=1S/C20H25NO2/c1-4-21(5-2)16(3)19(17-12-8-6-9-13-17)23-20(22)18-14-10-7-11-15-18/h6-16,19H,4-5H2,1-3H3. The third-order valence-corrected chi connectivity index (χ3v) is 4.20. The van der Waals surface area contributed by atoms with Gasteiger partial charge in [0.25, 0.3) is 0 Å². The molecule has 0 amide bonds. The fraction of sp³-hybridized carbons (Fsp3) is 0.350. The Kier molecular flexibility index (Phi) is 6.36. The van der Waals surface area contributed by atoms with E-state index in [1.807, 2.05) is 48.5 Å². The van der Waals surface area contributed by atoms with E-state index in [0.29, 0.717) is 5.56 Å². The van der Waals surface area contributed by atoms with Gasteiger partial charge >= 0.3 is 5.97 Å². The summed E-state index contributed by atoms with van der Waals surface area (Å²) in [6, 6.07) is 19.2. The molecule has 3 heteroatoms. The lowest BCUT2D eigenvalue weighted by Gasteiger charge is -2.33. The Morgan fingerprint density at radius 3 is 2.00 bits per heavy atom. The van der Waals surface area contributed by atoms with E-state index >= 15 is 0 Å². The van der Waals surface area contributed by atoms with E-state index < -0.39 is 0 Å². The topological polar surface area (TPSA) is 29.5 Å². The van der Waals surface area contributed by atoms with Crippen molar-refractivity contribution >= 4 is 5.97 Å². The molecule has 2 atom stereocenters. The lowest BCUT2D eigenvalue weighted by molar-refractivity contribution is 0.00241. The number of carbonyl (C=O) groups is 1. The van der Waals surface area contributed by atoms with Gasteiger partial charge in [-0.15, -0.1) is 0 Å². The highest BCUT2D eigenvalue weighted by Gasteiger charge is 2.27. The van der Waals surface area contributed by atoms with Crippen LogP contribution in [0.3, 0.4) is 0 Å². The summed E-state index contributed by atoms with van der Waals surface area (Å²) < 4.78 is 5.89. The second-order valence-corrected chi connectivity index (χ2v) is 5.56. The summed E-state index contributed by atoms with van der Waals surface area (Å²) >= 11 is 0. The van der Waals surface area contributed by atoms with E-state index in [1.165, 1.54) is 0 Å². The zero-order valence-corrected chi connectivity index (χ0v) is 14.1. The first-order valence-corrected chi connectivity index (χ1v) is 8.22. The molecule has 2 aromatic carbocycles. The van der Waals surface area contributed by atoms with Gasteiger partial charge in [0.05, 0.1) is 5.56 Å². The minimum atomic E-state index is -0.288. The molecule has 122 valence electrons. The summed E-state index contributed by atoms with van der Waals surface area (Å²) in [4.78, 5) is 14.8. The fourth-order valence-electron chi connectivity index (χ4n) is 2.84. The van der Waals surface area contributed by atoms with Crippen molar-refractivity contribution in [2.24, 2.45) is 0 Å². The van der Waals surface area contributed by atoms with Gasteiger partial charge in [-0.05, 0) is 37.7 Å². The number of ether oxygens (including phenoxy) is 1. The van der Waals surface area contributed by atoms with Crippen LogP contribution in [0.5, 0.6) is 0 Å². The molecule has 0 aliphatic heterocycles. The van der Waals surface area contributed by atoms with Gasteiger partial charge in [0, 0.05) is 6.04 Å². The van der Waals surface area contributed by atoms with Crippen LogP contribution >= 0.6 is 0 Å². The minimum Gasteiger partial charge on any atom is -0.452 e. The molecule has 0 aliphatic rings. The fourth-order valence-corrected chi connectivity index (χ4v) is 2.84. The number of likely N-dealkylation sites (N-methyl/N-ethyl adjacent to an activating group) is 1. The first-order chi connectivity index (χ1) is 11.2. The molecule has 0 radical (unpaired) electrons. The van der Waals surface area contributed by atoms with Crippen LogP contribution in [0.1, 0.15) is 42.8 Å². The van der Waals surface area contributed by atoms with Gasteiger partial charge in [-0.2, -0.15) is 0 Å². The average molecular weight is 311 g/mol. The van der Waals surface area contributed by atoms with Crippen molar-refractivity contribution in [3.63, 3.8) is 0 Å². The molecule has 0 N–H and O–H groups in total. The number of carbonyl (C=O) groups excluding carboxylic acids is 1. The molecule has 2 aromatic rings. The summed E-state index contributed by atoms with van der Waals surface area (Å²) in [5, 5.41) is 0. The molecule has 0 bridgehead atoms. The Hall–Kier alpha value is -2.13. The first-order valence-electron chi connectivity index (χ1n) is 8.22. The molecule has 0 saturated carbocycles. The quantitative estimate of drug-likeness (QED) is 0.713. The van der Waals surface area contributed by atoms with E-state index in [4.69, 9.17) is 4.74 Å². The van der Waals surface area contributed by atoms with Gasteiger partial charge in [-0.25, -0.2) is 4.79 Å². The van der Waals surface area contributed by atoms with Gasteiger partial charge in [0.15, 0.2) is 0 Å². The minimum absolute atomic E-state index is 0.111. The molecule has 0 spiro atoms. The molecule has 2 rings (SSSR count). The van der Waals surface area contributed by atoms with Crippen molar-refractivity contribution < 1.29 is 9.53 Å². The van der Waals surface area contributed by atoms with Crippen molar-refractivity contribution in [2.45, 2.75) is 32.9 Å². The first kappa shape index (κ1) is 17.2. The van der Waals surface area contributed by atoms with E-state index in [2.05, 4.69) is 25.7 Å². The Balaban J connectivity index is 2.25. The summed E-state index contributed by atoms with van der Waals surface area (Å²) in [5.41, 5.74) is 1.61. The smallest absolute Gasteiger partial charge is 0.338 e. The lowest BCUT2D eigenvalue weighted by Crippen LogP contribution is -2.39. The van der Waals surface area contributed by atoms with Crippen LogP contribution < -0.4 is 0 Å². The summed E-state index contributed by atoms with van der Waals surface area (Å²) in [6.07, 6.45) is -0.288. The van der Waals surface area contributed by atoms with E-state index in [1.54, 1.807) is 12.1 Å². The molecule has 23 heavy (non-hydrogen) atoms. The van der Waals surface area contributed by atoms with E-state index in [9.17, 15) is 4.79 Å². The highest BCUT2D eigenvalue weighted by Crippen LogP contribution is 2.26. The second kappa shape index (κ2) is 8.49. The number of benzene rings is 2. The molecule has 3 nitrogen and oxygen atoms in total. The van der Waals surface area contributed by atoms with Gasteiger partial charge in [0.1, 0.15) is 6.10 Å². The lowest BCUT2D eigenvalue weighted by atomic mass is 10.0. The Labute approximate surface area is 138 Å². The van der Waals surface area contributed by atoms with Crippen LogP contribution in [0.15, 0.2) is 60.7 Å². The van der Waals surface area contributed by atoms with Crippen molar-refractivity contribution in [1.82, 2.24) is 4.90 Å². The van der Waals surface area contributed by atoms with Gasteiger partial charge in [-0.1, -0.05) is 62.4 Å². The number of esters is 1. The largest absolute Gasteiger partial charge is 0.452 e. The average Bonchev–Trinajstić information content (AvgIpc) is 2.62. The SMILES string of the molecule is CCN(CC)C(C)C(OC(=O)c1ccccc1)c1ccccc1. The highest BCUT2D eigenvalue weighted by molar-refractivity contribution is 5.89. The summed E-state index contributed by atoms with van der Waals surface area (Å²) in [6.45, 7) is 8.21. The molecule has 2 unspecified atom stereocenters. The van der Waals surface area contributed by atoms with E-state index in [0.717, 1.165) is 18.7 Å². The van der Waals surface area contributed by atoms with Gasteiger partial charge < -0.3 is 4.74 Å². The third-order valence-electron chi connectivity index (χ3n) is 4.20. The normalized spacial score (nSPS) is 13.6. The van der Waals surface area contributed by atoms with Gasteiger partial charge in [0.2, 0.25) is 0 Å². The predicted molar refractivity (Wildman–Crippen MR) is 93.4 cm³/mol. The zero-order chi connectivity index (χ0) is 16.7. The van der Waals surface area contributed by atoms with Crippen LogP contribution in [-0.4, -0.2) is 30.0 Å². The van der Waals surface area contributed by atoms with Gasteiger partial charge in [-0.3, -0.25) is 4.90 Å².